The quantitative estimate of drug-likeness (QED) is 0.792. The molecular formula is C13H21N3S. The normalized spacial score (nSPS) is 10.5. The number of thiocarbonyl (C=S) groups is 1. The van der Waals surface area contributed by atoms with Crippen molar-refractivity contribution in [1.29, 1.82) is 0 Å². The SMILES string of the molecule is Cc1nc(NC(=S)NC(C)C)c(C)c(C)c1C. The number of aromatic nitrogens is 1. The third kappa shape index (κ3) is 3.40. The summed E-state index contributed by atoms with van der Waals surface area (Å²) >= 11 is 5.23. The third-order valence-electron chi connectivity index (χ3n) is 2.95. The van der Waals surface area contributed by atoms with Crippen LogP contribution in [0.2, 0.25) is 0 Å². The van der Waals surface area contributed by atoms with E-state index in [1.54, 1.807) is 0 Å². The van der Waals surface area contributed by atoms with Crippen molar-refractivity contribution in [3.05, 3.63) is 22.4 Å². The Morgan fingerprint density at radius 2 is 1.65 bits per heavy atom. The van der Waals surface area contributed by atoms with Crippen LogP contribution in [0.15, 0.2) is 0 Å². The topological polar surface area (TPSA) is 37.0 Å². The molecule has 0 aliphatic heterocycles. The lowest BCUT2D eigenvalue weighted by Crippen LogP contribution is -2.34. The summed E-state index contributed by atoms with van der Waals surface area (Å²) in [5, 5.41) is 6.94. The zero-order valence-corrected chi connectivity index (χ0v) is 12.2. The van der Waals surface area contributed by atoms with E-state index in [4.69, 9.17) is 12.2 Å². The number of rotatable bonds is 2. The summed E-state index contributed by atoms with van der Waals surface area (Å²) in [7, 11) is 0. The average Bonchev–Trinajstić information content (AvgIpc) is 2.21. The van der Waals surface area contributed by atoms with Gasteiger partial charge in [0.15, 0.2) is 5.11 Å². The van der Waals surface area contributed by atoms with Crippen molar-refractivity contribution in [3.8, 4) is 0 Å². The maximum absolute atomic E-state index is 5.23. The minimum atomic E-state index is 0.322. The van der Waals surface area contributed by atoms with Gasteiger partial charge < -0.3 is 10.6 Å². The van der Waals surface area contributed by atoms with Crippen LogP contribution in [-0.4, -0.2) is 16.1 Å². The monoisotopic (exact) mass is 251 g/mol. The van der Waals surface area contributed by atoms with Gasteiger partial charge in [0, 0.05) is 11.7 Å². The van der Waals surface area contributed by atoms with Gasteiger partial charge in [-0.25, -0.2) is 4.98 Å². The second-order valence-electron chi connectivity index (χ2n) is 4.67. The smallest absolute Gasteiger partial charge is 0.172 e. The summed E-state index contributed by atoms with van der Waals surface area (Å²) in [6.07, 6.45) is 0. The number of hydrogen-bond donors (Lipinski definition) is 2. The van der Waals surface area contributed by atoms with Crippen LogP contribution in [0, 0.1) is 27.7 Å². The molecule has 0 aliphatic carbocycles. The molecule has 0 saturated heterocycles. The summed E-state index contributed by atoms with van der Waals surface area (Å²) in [5.41, 5.74) is 4.71. The second kappa shape index (κ2) is 5.45. The van der Waals surface area contributed by atoms with Crippen LogP contribution in [0.4, 0.5) is 5.82 Å². The van der Waals surface area contributed by atoms with E-state index < -0.39 is 0 Å². The van der Waals surface area contributed by atoms with Crippen LogP contribution in [0.25, 0.3) is 0 Å². The third-order valence-corrected chi connectivity index (χ3v) is 3.17. The second-order valence-corrected chi connectivity index (χ2v) is 5.08. The molecule has 4 heteroatoms. The summed E-state index contributed by atoms with van der Waals surface area (Å²) in [4.78, 5) is 4.54. The minimum absolute atomic E-state index is 0.322. The zero-order chi connectivity index (χ0) is 13.2. The van der Waals surface area contributed by atoms with Gasteiger partial charge in [0.05, 0.1) is 0 Å². The molecule has 3 nitrogen and oxygen atoms in total. The van der Waals surface area contributed by atoms with E-state index in [9.17, 15) is 0 Å². The predicted octanol–water partition coefficient (Wildman–Crippen LogP) is 3.01. The summed E-state index contributed by atoms with van der Waals surface area (Å²) in [6.45, 7) is 12.4. The molecule has 0 unspecified atom stereocenters. The van der Waals surface area contributed by atoms with Crippen molar-refractivity contribution >= 4 is 23.1 Å². The van der Waals surface area contributed by atoms with E-state index in [-0.39, 0.29) is 0 Å². The molecule has 0 spiro atoms. The Hall–Kier alpha value is -1.16. The van der Waals surface area contributed by atoms with Gasteiger partial charge in [-0.3, -0.25) is 0 Å². The number of nitrogens with zero attached hydrogens (tertiary/aromatic N) is 1. The van der Waals surface area contributed by atoms with Gasteiger partial charge in [0.2, 0.25) is 0 Å². The Kier molecular flexibility index (Phi) is 4.46. The molecule has 0 fully saturated rings. The van der Waals surface area contributed by atoms with Crippen LogP contribution >= 0.6 is 12.2 Å². The number of nitrogens with one attached hydrogen (secondary N) is 2. The van der Waals surface area contributed by atoms with Crippen molar-refractivity contribution in [2.24, 2.45) is 0 Å². The Balaban J connectivity index is 2.96. The first-order valence-corrected chi connectivity index (χ1v) is 6.25. The van der Waals surface area contributed by atoms with Gasteiger partial charge in [0.1, 0.15) is 5.82 Å². The van der Waals surface area contributed by atoms with E-state index >= 15 is 0 Å². The fourth-order valence-electron chi connectivity index (χ4n) is 1.59. The first-order valence-electron chi connectivity index (χ1n) is 5.84. The molecule has 0 radical (unpaired) electrons. The first kappa shape index (κ1) is 13.9. The van der Waals surface area contributed by atoms with Crippen LogP contribution in [0.5, 0.6) is 0 Å². The molecule has 0 aliphatic rings. The zero-order valence-electron chi connectivity index (χ0n) is 11.4. The number of hydrogen-bond acceptors (Lipinski definition) is 2. The first-order chi connectivity index (χ1) is 7.82. The molecule has 1 rings (SSSR count). The van der Waals surface area contributed by atoms with Gasteiger partial charge >= 0.3 is 0 Å². The lowest BCUT2D eigenvalue weighted by Gasteiger charge is -2.17. The summed E-state index contributed by atoms with van der Waals surface area (Å²) in [5.74, 6) is 0.851. The highest BCUT2D eigenvalue weighted by molar-refractivity contribution is 7.80. The van der Waals surface area contributed by atoms with E-state index in [1.807, 2.05) is 6.92 Å². The van der Waals surface area contributed by atoms with Gasteiger partial charge in [-0.15, -0.1) is 0 Å². The number of aryl methyl sites for hydroxylation is 1. The molecule has 0 saturated carbocycles. The van der Waals surface area contributed by atoms with Gasteiger partial charge in [-0.1, -0.05) is 0 Å². The largest absolute Gasteiger partial charge is 0.360 e. The fourth-order valence-corrected chi connectivity index (χ4v) is 1.93. The Morgan fingerprint density at radius 3 is 2.18 bits per heavy atom. The maximum Gasteiger partial charge on any atom is 0.172 e. The lowest BCUT2D eigenvalue weighted by molar-refractivity contribution is 0.739. The van der Waals surface area contributed by atoms with Crippen molar-refractivity contribution in [1.82, 2.24) is 10.3 Å². The molecule has 1 aromatic heterocycles. The van der Waals surface area contributed by atoms with Crippen LogP contribution in [-0.2, 0) is 0 Å². The van der Waals surface area contributed by atoms with Gasteiger partial charge in [-0.2, -0.15) is 0 Å². The van der Waals surface area contributed by atoms with Gasteiger partial charge in [0.25, 0.3) is 0 Å². The highest BCUT2D eigenvalue weighted by atomic mass is 32.1. The molecule has 2 N–H and O–H groups in total. The van der Waals surface area contributed by atoms with E-state index in [0.29, 0.717) is 11.2 Å². The van der Waals surface area contributed by atoms with E-state index in [1.165, 1.54) is 11.1 Å². The molecule has 17 heavy (non-hydrogen) atoms. The molecule has 0 bridgehead atoms. The maximum atomic E-state index is 5.23. The Labute approximate surface area is 109 Å². The van der Waals surface area contributed by atoms with Crippen LogP contribution < -0.4 is 10.6 Å². The van der Waals surface area contributed by atoms with Crippen molar-refractivity contribution in [3.63, 3.8) is 0 Å². The molecule has 94 valence electrons. The molecule has 1 heterocycles. The average molecular weight is 251 g/mol. The predicted molar refractivity (Wildman–Crippen MR) is 77.7 cm³/mol. The highest BCUT2D eigenvalue weighted by Gasteiger charge is 2.10. The number of pyridine rings is 1. The summed E-state index contributed by atoms with van der Waals surface area (Å²) < 4.78 is 0. The Bertz CT molecular complexity index is 439. The molecule has 0 aromatic carbocycles. The standard InChI is InChI=1S/C13H21N3S/c1-7(2)14-13(17)16-12-10(5)8(3)9(4)11(6)15-12/h7H,1-6H3,(H2,14,15,16,17). The van der Waals surface area contributed by atoms with E-state index in [0.717, 1.165) is 17.1 Å². The fraction of sp³-hybridized carbons (Fsp3) is 0.538. The van der Waals surface area contributed by atoms with Crippen molar-refractivity contribution < 1.29 is 0 Å². The van der Waals surface area contributed by atoms with Crippen molar-refractivity contribution in [2.45, 2.75) is 47.6 Å². The lowest BCUT2D eigenvalue weighted by atomic mass is 10.0. The highest BCUT2D eigenvalue weighted by Crippen LogP contribution is 2.21. The van der Waals surface area contributed by atoms with Crippen molar-refractivity contribution in [2.75, 3.05) is 5.32 Å². The molecule has 0 atom stereocenters. The molecular weight excluding hydrogens is 230 g/mol. The molecule has 0 amide bonds. The summed E-state index contributed by atoms with van der Waals surface area (Å²) in [6, 6.07) is 0.322. The molecule has 1 aromatic rings. The van der Waals surface area contributed by atoms with Gasteiger partial charge in [-0.05, 0) is 70.5 Å². The number of anilines is 1. The van der Waals surface area contributed by atoms with Crippen LogP contribution in [0.3, 0.4) is 0 Å². The van der Waals surface area contributed by atoms with Crippen LogP contribution in [0.1, 0.15) is 36.2 Å². The Morgan fingerprint density at radius 1 is 1.06 bits per heavy atom. The van der Waals surface area contributed by atoms with E-state index in [2.05, 4.69) is 50.2 Å². The minimum Gasteiger partial charge on any atom is -0.360 e.